The minimum atomic E-state index is 0.550. The van der Waals surface area contributed by atoms with Crippen LogP contribution in [0.5, 0.6) is 5.75 Å². The first-order valence-corrected chi connectivity index (χ1v) is 5.87. The molecule has 0 saturated carbocycles. The molecular formula is C13H11Cl2NO. The fraction of sp³-hybridized carbons (Fsp3) is 0.154. The van der Waals surface area contributed by atoms with Gasteiger partial charge in [-0.3, -0.25) is 4.98 Å². The van der Waals surface area contributed by atoms with Crippen molar-refractivity contribution in [1.82, 2.24) is 4.98 Å². The van der Waals surface area contributed by atoms with Gasteiger partial charge in [-0.1, -0.05) is 35.3 Å². The van der Waals surface area contributed by atoms with Crippen LogP contribution in [-0.2, 0) is 6.42 Å². The third kappa shape index (κ3) is 3.11. The second-order valence-electron chi connectivity index (χ2n) is 3.61. The molecule has 1 aromatic carbocycles. The van der Waals surface area contributed by atoms with E-state index in [0.717, 1.165) is 17.0 Å². The van der Waals surface area contributed by atoms with Gasteiger partial charge in [0.15, 0.2) is 0 Å². The number of benzene rings is 1. The lowest BCUT2D eigenvalue weighted by atomic mass is 10.1. The number of pyridine rings is 1. The lowest BCUT2D eigenvalue weighted by Gasteiger charge is -2.05. The van der Waals surface area contributed by atoms with E-state index < -0.39 is 0 Å². The van der Waals surface area contributed by atoms with Crippen LogP contribution in [0.2, 0.25) is 10.0 Å². The van der Waals surface area contributed by atoms with Gasteiger partial charge in [0.1, 0.15) is 5.75 Å². The van der Waals surface area contributed by atoms with E-state index in [1.807, 2.05) is 24.3 Å². The molecule has 0 fully saturated rings. The first kappa shape index (κ1) is 12.2. The summed E-state index contributed by atoms with van der Waals surface area (Å²) >= 11 is 11.9. The van der Waals surface area contributed by atoms with Crippen molar-refractivity contribution < 1.29 is 4.74 Å². The van der Waals surface area contributed by atoms with E-state index in [4.69, 9.17) is 27.9 Å². The van der Waals surface area contributed by atoms with Crippen molar-refractivity contribution in [2.45, 2.75) is 6.42 Å². The lowest BCUT2D eigenvalue weighted by molar-refractivity contribution is 0.414. The van der Waals surface area contributed by atoms with E-state index in [0.29, 0.717) is 16.5 Å². The summed E-state index contributed by atoms with van der Waals surface area (Å²) in [5, 5.41) is 1.14. The summed E-state index contributed by atoms with van der Waals surface area (Å²) in [6.45, 7) is 0. The third-order valence-corrected chi connectivity index (χ3v) is 2.95. The van der Waals surface area contributed by atoms with Crippen LogP contribution in [0.4, 0.5) is 0 Å². The van der Waals surface area contributed by atoms with Crippen molar-refractivity contribution in [2.24, 2.45) is 0 Å². The topological polar surface area (TPSA) is 22.1 Å². The Morgan fingerprint density at radius 3 is 2.47 bits per heavy atom. The second kappa shape index (κ2) is 5.39. The Balaban J connectivity index is 2.19. The molecule has 1 aromatic heterocycles. The largest absolute Gasteiger partial charge is 0.497 e. The molecule has 0 spiro atoms. The van der Waals surface area contributed by atoms with E-state index in [1.165, 1.54) is 0 Å². The number of nitrogens with zero attached hydrogens (tertiary/aromatic N) is 1. The Hall–Kier alpha value is -1.25. The molecule has 0 saturated heterocycles. The van der Waals surface area contributed by atoms with Crippen LogP contribution in [-0.4, -0.2) is 12.1 Å². The van der Waals surface area contributed by atoms with Crippen molar-refractivity contribution in [3.8, 4) is 5.75 Å². The molecule has 0 amide bonds. The van der Waals surface area contributed by atoms with Gasteiger partial charge >= 0.3 is 0 Å². The average molecular weight is 268 g/mol. The molecule has 0 atom stereocenters. The molecule has 2 aromatic rings. The molecule has 0 aliphatic carbocycles. The highest BCUT2D eigenvalue weighted by atomic mass is 35.5. The normalized spacial score (nSPS) is 10.3. The van der Waals surface area contributed by atoms with Crippen LogP contribution in [0.1, 0.15) is 11.3 Å². The van der Waals surface area contributed by atoms with Crippen LogP contribution in [0, 0.1) is 0 Å². The van der Waals surface area contributed by atoms with Crippen molar-refractivity contribution in [2.75, 3.05) is 7.11 Å². The quantitative estimate of drug-likeness (QED) is 0.839. The van der Waals surface area contributed by atoms with Crippen LogP contribution in [0.25, 0.3) is 0 Å². The number of hydrogen-bond acceptors (Lipinski definition) is 2. The van der Waals surface area contributed by atoms with Crippen molar-refractivity contribution in [3.05, 3.63) is 57.8 Å². The van der Waals surface area contributed by atoms with Gasteiger partial charge in [0.25, 0.3) is 0 Å². The van der Waals surface area contributed by atoms with Gasteiger partial charge < -0.3 is 4.74 Å². The Morgan fingerprint density at radius 1 is 1.18 bits per heavy atom. The summed E-state index contributed by atoms with van der Waals surface area (Å²) in [5.74, 6) is 0.837. The molecule has 0 bridgehead atoms. The highest BCUT2D eigenvalue weighted by molar-refractivity contribution is 6.34. The summed E-state index contributed by atoms with van der Waals surface area (Å²) in [6.07, 6.45) is 2.28. The molecule has 1 heterocycles. The first-order valence-electron chi connectivity index (χ1n) is 5.12. The molecule has 0 aliphatic heterocycles. The standard InChI is InChI=1S/C13H11Cl2NO/c1-17-11-4-2-9(3-5-11)6-13-12(15)7-10(14)8-16-13/h2-5,7-8H,6H2,1H3. The Bertz CT molecular complexity index is 511. The van der Waals surface area contributed by atoms with Crippen molar-refractivity contribution >= 4 is 23.2 Å². The molecular weight excluding hydrogens is 257 g/mol. The molecule has 0 aliphatic rings. The maximum atomic E-state index is 6.07. The predicted octanol–water partition coefficient (Wildman–Crippen LogP) is 3.99. The van der Waals surface area contributed by atoms with Crippen molar-refractivity contribution in [1.29, 1.82) is 0 Å². The number of halogens is 2. The molecule has 4 heteroatoms. The molecule has 0 radical (unpaired) electrons. The van der Waals surface area contributed by atoms with Gasteiger partial charge in [0.05, 0.1) is 22.8 Å². The van der Waals surface area contributed by atoms with Gasteiger partial charge in [0, 0.05) is 12.6 Å². The third-order valence-electron chi connectivity index (χ3n) is 2.41. The summed E-state index contributed by atoms with van der Waals surface area (Å²) in [4.78, 5) is 4.22. The van der Waals surface area contributed by atoms with Crippen LogP contribution >= 0.6 is 23.2 Å². The minimum absolute atomic E-state index is 0.550. The van der Waals surface area contributed by atoms with Gasteiger partial charge in [-0.25, -0.2) is 0 Å². The smallest absolute Gasteiger partial charge is 0.118 e. The number of rotatable bonds is 3. The molecule has 2 nitrogen and oxygen atoms in total. The lowest BCUT2D eigenvalue weighted by Crippen LogP contribution is -1.93. The van der Waals surface area contributed by atoms with Gasteiger partial charge in [0.2, 0.25) is 0 Å². The van der Waals surface area contributed by atoms with Crippen LogP contribution in [0.15, 0.2) is 36.5 Å². The van der Waals surface area contributed by atoms with Crippen molar-refractivity contribution in [3.63, 3.8) is 0 Å². The maximum Gasteiger partial charge on any atom is 0.118 e. The molecule has 88 valence electrons. The molecule has 0 N–H and O–H groups in total. The maximum absolute atomic E-state index is 6.07. The van der Waals surface area contributed by atoms with E-state index in [2.05, 4.69) is 4.98 Å². The Kier molecular flexibility index (Phi) is 3.87. The highest BCUT2D eigenvalue weighted by Gasteiger charge is 2.04. The zero-order chi connectivity index (χ0) is 12.3. The average Bonchev–Trinajstić information content (AvgIpc) is 2.34. The van der Waals surface area contributed by atoms with Gasteiger partial charge in [-0.2, -0.15) is 0 Å². The van der Waals surface area contributed by atoms with E-state index in [9.17, 15) is 0 Å². The van der Waals surface area contributed by atoms with E-state index in [-0.39, 0.29) is 0 Å². The SMILES string of the molecule is COc1ccc(Cc2ncc(Cl)cc2Cl)cc1. The van der Waals surface area contributed by atoms with E-state index in [1.54, 1.807) is 19.4 Å². The predicted molar refractivity (Wildman–Crippen MR) is 70.1 cm³/mol. The van der Waals surface area contributed by atoms with Gasteiger partial charge in [-0.05, 0) is 23.8 Å². The van der Waals surface area contributed by atoms with Gasteiger partial charge in [-0.15, -0.1) is 0 Å². The fourth-order valence-electron chi connectivity index (χ4n) is 1.51. The molecule has 17 heavy (non-hydrogen) atoms. The molecule has 0 unspecified atom stereocenters. The zero-order valence-corrected chi connectivity index (χ0v) is 10.8. The Morgan fingerprint density at radius 2 is 1.88 bits per heavy atom. The van der Waals surface area contributed by atoms with Crippen LogP contribution < -0.4 is 4.74 Å². The first-order chi connectivity index (χ1) is 8.19. The minimum Gasteiger partial charge on any atom is -0.497 e. The summed E-state index contributed by atoms with van der Waals surface area (Å²) in [7, 11) is 1.65. The van der Waals surface area contributed by atoms with E-state index >= 15 is 0 Å². The number of hydrogen-bond donors (Lipinski definition) is 0. The Labute approximate surface area is 110 Å². The number of aromatic nitrogens is 1. The monoisotopic (exact) mass is 267 g/mol. The fourth-order valence-corrected chi connectivity index (χ4v) is 1.96. The number of ether oxygens (including phenoxy) is 1. The highest BCUT2D eigenvalue weighted by Crippen LogP contribution is 2.21. The number of methoxy groups -OCH3 is 1. The zero-order valence-electron chi connectivity index (χ0n) is 9.28. The van der Waals surface area contributed by atoms with Crippen LogP contribution in [0.3, 0.4) is 0 Å². The summed E-state index contributed by atoms with van der Waals surface area (Å²) in [6, 6.07) is 9.52. The summed E-state index contributed by atoms with van der Waals surface area (Å²) < 4.78 is 5.10. The second-order valence-corrected chi connectivity index (χ2v) is 4.45. The molecule has 2 rings (SSSR count). The summed E-state index contributed by atoms with van der Waals surface area (Å²) in [5.41, 5.74) is 1.95.